The zero-order chi connectivity index (χ0) is 21.1. The van der Waals surface area contributed by atoms with Gasteiger partial charge in [0.15, 0.2) is 11.7 Å². The molecule has 0 radical (unpaired) electrons. The minimum absolute atomic E-state index is 0.0136. The van der Waals surface area contributed by atoms with Gasteiger partial charge in [-0.2, -0.15) is 0 Å². The summed E-state index contributed by atoms with van der Waals surface area (Å²) in [6.45, 7) is 1.53. The van der Waals surface area contributed by atoms with Gasteiger partial charge < -0.3 is 10.5 Å². The second-order valence-electron chi connectivity index (χ2n) is 6.19. The molecule has 1 heterocycles. The van der Waals surface area contributed by atoms with Crippen molar-refractivity contribution in [2.45, 2.75) is 6.92 Å². The quantitative estimate of drug-likeness (QED) is 0.431. The molecule has 3 amide bonds. The van der Waals surface area contributed by atoms with Gasteiger partial charge in [0.25, 0.3) is 17.7 Å². The van der Waals surface area contributed by atoms with E-state index in [-0.39, 0.29) is 28.1 Å². The number of thiocarbonyl (C=S) groups is 1. The number of rotatable bonds is 5. The lowest BCUT2D eigenvalue weighted by molar-refractivity contribution is -0.122. The molecule has 3 rings (SSSR count). The van der Waals surface area contributed by atoms with Crippen LogP contribution < -0.4 is 20.7 Å². The molecule has 1 aliphatic heterocycles. The van der Waals surface area contributed by atoms with E-state index >= 15 is 0 Å². The van der Waals surface area contributed by atoms with Gasteiger partial charge in [0.2, 0.25) is 0 Å². The number of amides is 3. The Labute approximate surface area is 177 Å². The van der Waals surface area contributed by atoms with Crippen molar-refractivity contribution in [2.24, 2.45) is 5.73 Å². The van der Waals surface area contributed by atoms with Crippen LogP contribution in [0.4, 0.5) is 5.69 Å². The van der Waals surface area contributed by atoms with Crippen LogP contribution >= 0.6 is 23.8 Å². The van der Waals surface area contributed by atoms with Crippen molar-refractivity contribution in [1.29, 1.82) is 0 Å². The summed E-state index contributed by atoms with van der Waals surface area (Å²) < 4.78 is 5.19. The molecule has 0 atom stereocenters. The maximum Gasteiger partial charge on any atom is 0.270 e. The van der Waals surface area contributed by atoms with Crippen molar-refractivity contribution in [3.8, 4) is 5.75 Å². The number of hydrogen-bond donors (Lipinski definition) is 2. The number of para-hydroxylation sites is 1. The second-order valence-corrected chi connectivity index (χ2v) is 6.98. The minimum Gasteiger partial charge on any atom is -0.482 e. The average molecular weight is 430 g/mol. The Morgan fingerprint density at radius 3 is 2.66 bits per heavy atom. The molecular formula is C20H16ClN3O4S. The molecule has 0 aromatic heterocycles. The van der Waals surface area contributed by atoms with Gasteiger partial charge in [-0.1, -0.05) is 35.9 Å². The Morgan fingerprint density at radius 1 is 1.28 bits per heavy atom. The fourth-order valence-corrected chi connectivity index (χ4v) is 3.25. The Hall–Kier alpha value is -3.23. The van der Waals surface area contributed by atoms with Crippen molar-refractivity contribution >= 4 is 58.4 Å². The first-order chi connectivity index (χ1) is 13.8. The zero-order valence-corrected chi connectivity index (χ0v) is 16.8. The van der Waals surface area contributed by atoms with Gasteiger partial charge in [0.05, 0.1) is 10.7 Å². The number of hydrogen-bond acceptors (Lipinski definition) is 5. The lowest BCUT2D eigenvalue weighted by Gasteiger charge is -2.30. The number of ether oxygens (including phenoxy) is 1. The predicted octanol–water partition coefficient (Wildman–Crippen LogP) is 2.34. The van der Waals surface area contributed by atoms with E-state index in [2.05, 4.69) is 5.32 Å². The summed E-state index contributed by atoms with van der Waals surface area (Å²) in [6.07, 6.45) is 1.41. The Bertz CT molecular complexity index is 1070. The number of primary amides is 1. The smallest absolute Gasteiger partial charge is 0.270 e. The molecule has 1 aliphatic rings. The largest absolute Gasteiger partial charge is 0.482 e. The molecule has 7 nitrogen and oxygen atoms in total. The molecule has 2 aromatic carbocycles. The van der Waals surface area contributed by atoms with Crippen molar-refractivity contribution < 1.29 is 19.1 Å². The third-order valence-electron chi connectivity index (χ3n) is 4.09. The van der Waals surface area contributed by atoms with Crippen molar-refractivity contribution in [3.05, 3.63) is 64.2 Å². The van der Waals surface area contributed by atoms with E-state index in [9.17, 15) is 14.4 Å². The van der Waals surface area contributed by atoms with E-state index in [4.69, 9.17) is 34.3 Å². The zero-order valence-electron chi connectivity index (χ0n) is 15.3. The molecule has 29 heavy (non-hydrogen) atoms. The highest BCUT2D eigenvalue weighted by Crippen LogP contribution is 2.28. The topological polar surface area (TPSA) is 102 Å². The van der Waals surface area contributed by atoms with Crippen molar-refractivity contribution in [2.75, 3.05) is 11.5 Å². The van der Waals surface area contributed by atoms with Crippen LogP contribution in [0, 0.1) is 6.92 Å². The fourth-order valence-electron chi connectivity index (χ4n) is 2.73. The second kappa shape index (κ2) is 8.42. The van der Waals surface area contributed by atoms with Gasteiger partial charge in [-0.25, -0.2) is 0 Å². The molecule has 2 aromatic rings. The third kappa shape index (κ3) is 4.44. The van der Waals surface area contributed by atoms with Crippen LogP contribution in [0.25, 0.3) is 6.08 Å². The molecule has 0 bridgehead atoms. The number of benzene rings is 2. The maximum absolute atomic E-state index is 13.0. The lowest BCUT2D eigenvalue weighted by Crippen LogP contribution is -2.54. The van der Waals surface area contributed by atoms with E-state index in [0.29, 0.717) is 11.3 Å². The summed E-state index contributed by atoms with van der Waals surface area (Å²) >= 11 is 11.3. The summed E-state index contributed by atoms with van der Waals surface area (Å²) in [5.41, 5.74) is 6.86. The van der Waals surface area contributed by atoms with E-state index in [1.165, 1.54) is 23.1 Å². The van der Waals surface area contributed by atoms with Crippen LogP contribution in [-0.4, -0.2) is 29.4 Å². The van der Waals surface area contributed by atoms with Crippen LogP contribution in [0.3, 0.4) is 0 Å². The molecule has 148 valence electrons. The minimum atomic E-state index is -0.635. The Kier molecular flexibility index (Phi) is 5.95. The summed E-state index contributed by atoms with van der Waals surface area (Å²) in [7, 11) is 0. The monoisotopic (exact) mass is 429 g/mol. The molecule has 3 N–H and O–H groups in total. The third-order valence-corrected chi connectivity index (χ3v) is 4.67. The van der Waals surface area contributed by atoms with E-state index in [0.717, 1.165) is 5.56 Å². The summed E-state index contributed by atoms with van der Waals surface area (Å²) in [6, 6.07) is 11.8. The summed E-state index contributed by atoms with van der Waals surface area (Å²) in [5.74, 6) is -1.52. The number of nitrogens with zero attached hydrogens (tertiary/aromatic N) is 1. The van der Waals surface area contributed by atoms with Crippen molar-refractivity contribution in [3.63, 3.8) is 0 Å². The van der Waals surface area contributed by atoms with Gasteiger partial charge in [0.1, 0.15) is 11.3 Å². The van der Waals surface area contributed by atoms with E-state index in [1.807, 2.05) is 19.1 Å². The summed E-state index contributed by atoms with van der Waals surface area (Å²) in [4.78, 5) is 37.5. The molecular weight excluding hydrogens is 414 g/mol. The standard InChI is InChI=1S/C20H16ClN3O4S/c1-11-4-2-3-5-15(11)24-19(27)13(18(26)23-20(24)29)8-12-6-7-16(14(21)9-12)28-10-17(22)25/h2-9H,10H2,1H3,(H2,22,25)(H,23,26,29). The SMILES string of the molecule is Cc1ccccc1N1C(=O)C(=Cc2ccc(OCC(N)=O)c(Cl)c2)C(=O)NC1=S. The number of nitrogens with two attached hydrogens (primary N) is 1. The normalized spacial score (nSPS) is 15.4. The highest BCUT2D eigenvalue weighted by Gasteiger charge is 2.35. The summed E-state index contributed by atoms with van der Waals surface area (Å²) in [5, 5.41) is 2.75. The maximum atomic E-state index is 13.0. The highest BCUT2D eigenvalue weighted by molar-refractivity contribution is 7.80. The number of halogens is 1. The number of aryl methyl sites for hydroxylation is 1. The van der Waals surface area contributed by atoms with Crippen LogP contribution in [0.5, 0.6) is 5.75 Å². The van der Waals surface area contributed by atoms with Crippen LogP contribution in [0.15, 0.2) is 48.0 Å². The number of carbonyl (C=O) groups is 3. The molecule has 0 aliphatic carbocycles. The van der Waals surface area contributed by atoms with Gasteiger partial charge in [-0.15, -0.1) is 0 Å². The van der Waals surface area contributed by atoms with Crippen molar-refractivity contribution in [1.82, 2.24) is 5.32 Å². The van der Waals surface area contributed by atoms with Gasteiger partial charge in [-0.3, -0.25) is 24.6 Å². The van der Waals surface area contributed by atoms with E-state index < -0.39 is 17.7 Å². The Morgan fingerprint density at radius 2 is 2.00 bits per heavy atom. The molecule has 0 spiro atoms. The highest BCUT2D eigenvalue weighted by atomic mass is 35.5. The first kappa shape index (κ1) is 20.5. The Balaban J connectivity index is 1.94. The van der Waals surface area contributed by atoms with Crippen LogP contribution in [0.1, 0.15) is 11.1 Å². The lowest BCUT2D eigenvalue weighted by atomic mass is 10.1. The van der Waals surface area contributed by atoms with Gasteiger partial charge in [-0.05, 0) is 54.5 Å². The number of carbonyl (C=O) groups excluding carboxylic acids is 3. The predicted molar refractivity (Wildman–Crippen MR) is 114 cm³/mol. The number of anilines is 1. The molecule has 1 fully saturated rings. The molecule has 0 unspecified atom stereocenters. The first-order valence-corrected chi connectivity index (χ1v) is 9.24. The number of nitrogens with one attached hydrogen (secondary N) is 1. The van der Waals surface area contributed by atoms with Crippen LogP contribution in [-0.2, 0) is 14.4 Å². The molecule has 0 saturated carbocycles. The molecule has 1 saturated heterocycles. The van der Waals surface area contributed by atoms with Gasteiger partial charge >= 0.3 is 0 Å². The van der Waals surface area contributed by atoms with E-state index in [1.54, 1.807) is 18.2 Å². The van der Waals surface area contributed by atoms with Crippen LogP contribution in [0.2, 0.25) is 5.02 Å². The van der Waals surface area contributed by atoms with Gasteiger partial charge in [0, 0.05) is 0 Å². The molecule has 9 heteroatoms. The average Bonchev–Trinajstić information content (AvgIpc) is 2.65. The first-order valence-electron chi connectivity index (χ1n) is 8.45. The fraction of sp³-hybridized carbons (Fsp3) is 0.100.